The summed E-state index contributed by atoms with van der Waals surface area (Å²) in [6.07, 6.45) is 6.95. The van der Waals surface area contributed by atoms with Gasteiger partial charge in [0.25, 0.3) is 0 Å². The molecule has 0 bridgehead atoms. The van der Waals surface area contributed by atoms with Gasteiger partial charge >= 0.3 is 0 Å². The summed E-state index contributed by atoms with van der Waals surface area (Å²) in [5.74, 6) is -0.0856. The minimum Gasteiger partial charge on any atom is -0.324 e. The number of amides is 1. The second-order valence-corrected chi connectivity index (χ2v) is 4.69. The summed E-state index contributed by atoms with van der Waals surface area (Å²) in [7, 11) is 0. The van der Waals surface area contributed by atoms with Gasteiger partial charge in [-0.1, -0.05) is 0 Å². The van der Waals surface area contributed by atoms with Crippen molar-refractivity contribution in [2.24, 2.45) is 0 Å². The highest BCUT2D eigenvalue weighted by Crippen LogP contribution is 2.08. The smallest absolute Gasteiger partial charge is 0.238 e. The van der Waals surface area contributed by atoms with Gasteiger partial charge in [0.05, 0.1) is 24.5 Å². The van der Waals surface area contributed by atoms with Crippen LogP contribution < -0.4 is 10.6 Å². The Balaban J connectivity index is 1.78. The molecule has 0 aliphatic carbocycles. The number of pyridine rings is 1. The van der Waals surface area contributed by atoms with Crippen molar-refractivity contribution in [2.45, 2.75) is 25.9 Å². The van der Waals surface area contributed by atoms with E-state index in [1.165, 1.54) is 0 Å². The molecule has 106 valence electrons. The van der Waals surface area contributed by atoms with E-state index in [1.54, 1.807) is 30.7 Å². The number of rotatable bonds is 6. The number of carbonyl (C=O) groups excluding carboxylic acids is 1. The van der Waals surface area contributed by atoms with Crippen molar-refractivity contribution < 1.29 is 4.79 Å². The van der Waals surface area contributed by atoms with Crippen LogP contribution in [0.25, 0.3) is 0 Å². The third kappa shape index (κ3) is 3.89. The Morgan fingerprint density at radius 3 is 2.85 bits per heavy atom. The minimum atomic E-state index is -0.0856. The average Bonchev–Trinajstić information content (AvgIpc) is 2.99. The van der Waals surface area contributed by atoms with E-state index in [9.17, 15) is 4.79 Å². The van der Waals surface area contributed by atoms with E-state index in [4.69, 9.17) is 0 Å². The summed E-state index contributed by atoms with van der Waals surface area (Å²) < 4.78 is 1.87. The molecule has 2 unspecified atom stereocenters. The number of nitrogens with zero attached hydrogens (tertiary/aromatic N) is 3. The molecule has 0 spiro atoms. The Morgan fingerprint density at radius 2 is 2.20 bits per heavy atom. The lowest BCUT2D eigenvalue weighted by molar-refractivity contribution is -0.115. The summed E-state index contributed by atoms with van der Waals surface area (Å²) >= 11 is 0. The zero-order valence-electron chi connectivity index (χ0n) is 11.7. The van der Waals surface area contributed by atoms with E-state index < -0.39 is 0 Å². The van der Waals surface area contributed by atoms with Crippen molar-refractivity contribution in [2.75, 3.05) is 11.9 Å². The zero-order chi connectivity index (χ0) is 14.4. The van der Waals surface area contributed by atoms with E-state index in [0.29, 0.717) is 5.69 Å². The number of nitrogens with one attached hydrogen (secondary N) is 2. The van der Waals surface area contributed by atoms with Crippen LogP contribution in [0.1, 0.15) is 19.9 Å². The van der Waals surface area contributed by atoms with Crippen LogP contribution in [0.3, 0.4) is 0 Å². The van der Waals surface area contributed by atoms with Crippen molar-refractivity contribution in [3.63, 3.8) is 0 Å². The van der Waals surface area contributed by atoms with Crippen LogP contribution in [0, 0.1) is 0 Å². The number of carbonyl (C=O) groups is 1. The molecule has 0 aromatic carbocycles. The van der Waals surface area contributed by atoms with Crippen LogP contribution in [-0.4, -0.2) is 33.3 Å². The number of hydrogen-bond donors (Lipinski definition) is 2. The van der Waals surface area contributed by atoms with E-state index in [1.807, 2.05) is 23.9 Å². The highest BCUT2D eigenvalue weighted by atomic mass is 16.1. The molecule has 20 heavy (non-hydrogen) atoms. The maximum atomic E-state index is 11.8. The molecule has 0 saturated heterocycles. The van der Waals surface area contributed by atoms with Gasteiger partial charge in [0.15, 0.2) is 0 Å². The maximum Gasteiger partial charge on any atom is 0.238 e. The van der Waals surface area contributed by atoms with Crippen LogP contribution in [0.4, 0.5) is 5.69 Å². The standard InChI is InChI=1S/C14H19N5O/c1-11(12(2)19-8-4-7-17-19)16-10-14(20)18-13-5-3-6-15-9-13/h3-9,11-12,16H,10H2,1-2H3,(H,18,20). The second kappa shape index (κ2) is 6.81. The lowest BCUT2D eigenvalue weighted by atomic mass is 10.2. The van der Waals surface area contributed by atoms with E-state index in [2.05, 4.69) is 27.6 Å². The molecular weight excluding hydrogens is 254 g/mol. The van der Waals surface area contributed by atoms with Gasteiger partial charge in [-0.25, -0.2) is 0 Å². The van der Waals surface area contributed by atoms with Gasteiger partial charge in [0.1, 0.15) is 0 Å². The lowest BCUT2D eigenvalue weighted by Gasteiger charge is -2.21. The molecule has 2 aromatic rings. The van der Waals surface area contributed by atoms with E-state index in [-0.39, 0.29) is 24.5 Å². The fourth-order valence-corrected chi connectivity index (χ4v) is 1.82. The zero-order valence-corrected chi connectivity index (χ0v) is 11.7. The quantitative estimate of drug-likeness (QED) is 0.835. The Kier molecular flexibility index (Phi) is 4.84. The van der Waals surface area contributed by atoms with E-state index >= 15 is 0 Å². The highest BCUT2D eigenvalue weighted by molar-refractivity contribution is 5.92. The molecule has 0 saturated carbocycles. The molecule has 0 radical (unpaired) electrons. The number of anilines is 1. The first kappa shape index (κ1) is 14.2. The van der Waals surface area contributed by atoms with Gasteiger partial charge in [-0.2, -0.15) is 5.10 Å². The first-order chi connectivity index (χ1) is 9.66. The molecule has 2 atom stereocenters. The molecule has 6 nitrogen and oxygen atoms in total. The van der Waals surface area contributed by atoms with Gasteiger partial charge in [-0.05, 0) is 32.0 Å². The summed E-state index contributed by atoms with van der Waals surface area (Å²) in [6.45, 7) is 4.34. The molecule has 1 amide bonds. The van der Waals surface area contributed by atoms with Crippen molar-refractivity contribution in [3.8, 4) is 0 Å². The van der Waals surface area contributed by atoms with Gasteiger partial charge in [-0.3, -0.25) is 14.5 Å². The van der Waals surface area contributed by atoms with Crippen LogP contribution in [0.2, 0.25) is 0 Å². The number of aromatic nitrogens is 3. The topological polar surface area (TPSA) is 71.8 Å². The second-order valence-electron chi connectivity index (χ2n) is 4.69. The normalized spacial score (nSPS) is 13.7. The van der Waals surface area contributed by atoms with Gasteiger partial charge in [-0.15, -0.1) is 0 Å². The molecule has 0 fully saturated rings. The van der Waals surface area contributed by atoms with Gasteiger partial charge in [0.2, 0.25) is 5.91 Å². The average molecular weight is 273 g/mol. The maximum absolute atomic E-state index is 11.8. The predicted octanol–water partition coefficient (Wildman–Crippen LogP) is 1.46. The van der Waals surface area contributed by atoms with Crippen LogP contribution >= 0.6 is 0 Å². The first-order valence-electron chi connectivity index (χ1n) is 6.59. The van der Waals surface area contributed by atoms with Crippen molar-refractivity contribution in [1.29, 1.82) is 0 Å². The third-order valence-electron chi connectivity index (χ3n) is 3.20. The Labute approximate surface area is 118 Å². The summed E-state index contributed by atoms with van der Waals surface area (Å²) in [6, 6.07) is 5.79. The van der Waals surface area contributed by atoms with Gasteiger partial charge in [0, 0.05) is 24.6 Å². The monoisotopic (exact) mass is 273 g/mol. The predicted molar refractivity (Wildman–Crippen MR) is 77.3 cm³/mol. The third-order valence-corrected chi connectivity index (χ3v) is 3.20. The van der Waals surface area contributed by atoms with Gasteiger partial charge < -0.3 is 10.6 Å². The Morgan fingerprint density at radius 1 is 1.35 bits per heavy atom. The first-order valence-corrected chi connectivity index (χ1v) is 6.59. The molecule has 2 heterocycles. The minimum absolute atomic E-state index is 0.0856. The van der Waals surface area contributed by atoms with Crippen LogP contribution in [0.5, 0.6) is 0 Å². The molecule has 2 rings (SSSR count). The molecule has 0 aliphatic rings. The molecule has 2 aromatic heterocycles. The summed E-state index contributed by atoms with van der Waals surface area (Å²) in [4.78, 5) is 15.8. The molecule has 6 heteroatoms. The molecule has 2 N–H and O–H groups in total. The van der Waals surface area contributed by atoms with E-state index in [0.717, 1.165) is 0 Å². The van der Waals surface area contributed by atoms with Crippen LogP contribution in [0.15, 0.2) is 43.0 Å². The largest absolute Gasteiger partial charge is 0.324 e. The number of hydrogen-bond acceptors (Lipinski definition) is 4. The molecular formula is C14H19N5O. The molecule has 0 aliphatic heterocycles. The lowest BCUT2D eigenvalue weighted by Crippen LogP contribution is -2.39. The van der Waals surface area contributed by atoms with Crippen molar-refractivity contribution in [1.82, 2.24) is 20.1 Å². The van der Waals surface area contributed by atoms with Crippen molar-refractivity contribution in [3.05, 3.63) is 43.0 Å². The fourth-order valence-electron chi connectivity index (χ4n) is 1.82. The van der Waals surface area contributed by atoms with Crippen molar-refractivity contribution >= 4 is 11.6 Å². The fraction of sp³-hybridized carbons (Fsp3) is 0.357. The Bertz CT molecular complexity index is 526. The SMILES string of the molecule is CC(NCC(=O)Nc1cccnc1)C(C)n1cccn1. The Hall–Kier alpha value is -2.21. The summed E-state index contributed by atoms with van der Waals surface area (Å²) in [5, 5.41) is 10.2. The van der Waals surface area contributed by atoms with Crippen LogP contribution in [-0.2, 0) is 4.79 Å². The summed E-state index contributed by atoms with van der Waals surface area (Å²) in [5.41, 5.74) is 0.701. The highest BCUT2D eigenvalue weighted by Gasteiger charge is 2.14.